The lowest BCUT2D eigenvalue weighted by atomic mass is 10.1. The van der Waals surface area contributed by atoms with Crippen molar-refractivity contribution in [2.24, 2.45) is 5.14 Å². The van der Waals surface area contributed by atoms with Crippen LogP contribution in [-0.4, -0.2) is 14.5 Å². The van der Waals surface area contributed by atoms with Gasteiger partial charge in [-0.25, -0.2) is 13.6 Å². The molecule has 0 aliphatic rings. The SMILES string of the molecule is C#CCC(CC)NC(C)c1ccc(S(N)(=O)=O)cc1. The van der Waals surface area contributed by atoms with Crippen LogP contribution in [0.5, 0.6) is 0 Å². The molecule has 0 heterocycles. The number of sulfonamides is 1. The van der Waals surface area contributed by atoms with E-state index in [-0.39, 0.29) is 17.0 Å². The summed E-state index contributed by atoms with van der Waals surface area (Å²) in [7, 11) is -3.63. The number of benzene rings is 1. The van der Waals surface area contributed by atoms with Crippen LogP contribution in [-0.2, 0) is 10.0 Å². The Morgan fingerprint density at radius 1 is 1.37 bits per heavy atom. The molecule has 19 heavy (non-hydrogen) atoms. The van der Waals surface area contributed by atoms with Gasteiger partial charge in [0.25, 0.3) is 0 Å². The molecule has 0 saturated carbocycles. The number of hydrogen-bond acceptors (Lipinski definition) is 3. The molecule has 5 heteroatoms. The molecule has 0 aliphatic heterocycles. The highest BCUT2D eigenvalue weighted by atomic mass is 32.2. The Kier molecular flexibility index (Phi) is 5.55. The number of primary sulfonamides is 1. The Bertz CT molecular complexity index is 544. The Hall–Kier alpha value is -1.35. The fourth-order valence-corrected chi connectivity index (χ4v) is 2.37. The van der Waals surface area contributed by atoms with Crippen molar-refractivity contribution in [1.82, 2.24) is 5.32 Å². The van der Waals surface area contributed by atoms with E-state index in [2.05, 4.69) is 18.2 Å². The molecule has 0 fully saturated rings. The summed E-state index contributed by atoms with van der Waals surface area (Å²) in [6.45, 7) is 4.09. The van der Waals surface area contributed by atoms with Gasteiger partial charge in [-0.15, -0.1) is 12.3 Å². The fraction of sp³-hybridized carbons (Fsp3) is 0.429. The molecule has 0 bridgehead atoms. The van der Waals surface area contributed by atoms with E-state index in [9.17, 15) is 8.42 Å². The first kappa shape index (κ1) is 15.7. The van der Waals surface area contributed by atoms with Gasteiger partial charge in [0.05, 0.1) is 4.90 Å². The summed E-state index contributed by atoms with van der Waals surface area (Å²) >= 11 is 0. The van der Waals surface area contributed by atoms with Gasteiger partial charge in [0, 0.05) is 18.5 Å². The van der Waals surface area contributed by atoms with E-state index in [1.165, 1.54) is 12.1 Å². The molecule has 2 atom stereocenters. The van der Waals surface area contributed by atoms with E-state index < -0.39 is 10.0 Å². The topological polar surface area (TPSA) is 72.2 Å². The number of rotatable bonds is 6. The standard InChI is InChI=1S/C14H20N2O2S/c1-4-6-13(5-2)16-11(3)12-7-9-14(10-8-12)19(15,17)18/h1,7-11,13,16H,5-6H2,2-3H3,(H2,15,17,18). The summed E-state index contributed by atoms with van der Waals surface area (Å²) in [4.78, 5) is 0.124. The molecule has 0 spiro atoms. The minimum absolute atomic E-state index is 0.104. The van der Waals surface area contributed by atoms with Crippen LogP contribution in [0.1, 0.15) is 38.3 Å². The van der Waals surface area contributed by atoms with E-state index in [0.29, 0.717) is 6.42 Å². The lowest BCUT2D eigenvalue weighted by Gasteiger charge is -2.21. The lowest BCUT2D eigenvalue weighted by molar-refractivity contribution is 0.449. The first-order valence-electron chi connectivity index (χ1n) is 6.20. The van der Waals surface area contributed by atoms with Crippen molar-refractivity contribution in [2.45, 2.75) is 43.7 Å². The van der Waals surface area contributed by atoms with E-state index in [1.54, 1.807) is 12.1 Å². The van der Waals surface area contributed by atoms with Crippen molar-refractivity contribution >= 4 is 10.0 Å². The zero-order valence-electron chi connectivity index (χ0n) is 11.3. The average molecular weight is 280 g/mol. The minimum atomic E-state index is -3.63. The molecule has 4 nitrogen and oxygen atoms in total. The predicted octanol–water partition coefficient (Wildman–Crippen LogP) is 1.79. The molecule has 2 unspecified atom stereocenters. The van der Waals surface area contributed by atoms with Crippen molar-refractivity contribution in [1.29, 1.82) is 0 Å². The van der Waals surface area contributed by atoms with Gasteiger partial charge in [-0.05, 0) is 31.0 Å². The lowest BCUT2D eigenvalue weighted by Crippen LogP contribution is -2.30. The van der Waals surface area contributed by atoms with Crippen molar-refractivity contribution in [3.05, 3.63) is 29.8 Å². The molecule has 104 valence electrons. The monoisotopic (exact) mass is 280 g/mol. The molecule has 0 amide bonds. The molecule has 1 rings (SSSR count). The van der Waals surface area contributed by atoms with Gasteiger partial charge < -0.3 is 5.32 Å². The maximum absolute atomic E-state index is 11.2. The Labute approximate surface area is 115 Å². The Balaban J connectivity index is 2.78. The normalized spacial score (nSPS) is 14.6. The smallest absolute Gasteiger partial charge is 0.238 e. The van der Waals surface area contributed by atoms with Crippen molar-refractivity contribution in [3.63, 3.8) is 0 Å². The van der Waals surface area contributed by atoms with Crippen LogP contribution in [0.2, 0.25) is 0 Å². The summed E-state index contributed by atoms with van der Waals surface area (Å²) in [5.74, 6) is 2.65. The number of terminal acetylenes is 1. The molecule has 0 radical (unpaired) electrons. The number of nitrogens with one attached hydrogen (secondary N) is 1. The van der Waals surface area contributed by atoms with E-state index >= 15 is 0 Å². The van der Waals surface area contributed by atoms with Crippen LogP contribution >= 0.6 is 0 Å². The Morgan fingerprint density at radius 3 is 2.37 bits per heavy atom. The average Bonchev–Trinajstić information content (AvgIpc) is 2.37. The number of nitrogens with two attached hydrogens (primary N) is 1. The highest BCUT2D eigenvalue weighted by Crippen LogP contribution is 2.17. The second-order valence-corrected chi connectivity index (χ2v) is 6.08. The molecule has 1 aromatic carbocycles. The second-order valence-electron chi connectivity index (χ2n) is 4.52. The minimum Gasteiger partial charge on any atom is -0.307 e. The first-order valence-corrected chi connectivity index (χ1v) is 7.75. The summed E-state index contributed by atoms with van der Waals surface area (Å²) in [6, 6.07) is 6.93. The van der Waals surface area contributed by atoms with Crippen LogP contribution in [0, 0.1) is 12.3 Å². The predicted molar refractivity (Wildman–Crippen MR) is 76.9 cm³/mol. The molecular formula is C14H20N2O2S. The number of hydrogen-bond donors (Lipinski definition) is 2. The molecule has 1 aromatic rings. The largest absolute Gasteiger partial charge is 0.307 e. The van der Waals surface area contributed by atoms with Gasteiger partial charge in [-0.2, -0.15) is 0 Å². The molecule has 0 aromatic heterocycles. The summed E-state index contributed by atoms with van der Waals surface area (Å²) < 4.78 is 22.3. The quantitative estimate of drug-likeness (QED) is 0.780. The highest BCUT2D eigenvalue weighted by Gasteiger charge is 2.12. The third kappa shape index (κ3) is 4.67. The summed E-state index contributed by atoms with van der Waals surface area (Å²) in [5.41, 5.74) is 1.00. The zero-order chi connectivity index (χ0) is 14.5. The van der Waals surface area contributed by atoms with Crippen molar-refractivity contribution in [3.8, 4) is 12.3 Å². The zero-order valence-corrected chi connectivity index (χ0v) is 12.1. The van der Waals surface area contributed by atoms with E-state index in [1.807, 2.05) is 6.92 Å². The summed E-state index contributed by atoms with van der Waals surface area (Å²) in [5, 5.41) is 8.48. The van der Waals surface area contributed by atoms with Crippen LogP contribution in [0.3, 0.4) is 0 Å². The van der Waals surface area contributed by atoms with Crippen molar-refractivity contribution in [2.75, 3.05) is 0 Å². The molecular weight excluding hydrogens is 260 g/mol. The van der Waals surface area contributed by atoms with Gasteiger partial charge in [0.2, 0.25) is 10.0 Å². The molecule has 0 aliphatic carbocycles. The molecule has 0 saturated heterocycles. The van der Waals surface area contributed by atoms with Gasteiger partial charge in [-0.1, -0.05) is 19.1 Å². The molecule has 3 N–H and O–H groups in total. The fourth-order valence-electron chi connectivity index (χ4n) is 1.86. The highest BCUT2D eigenvalue weighted by molar-refractivity contribution is 7.89. The maximum atomic E-state index is 11.2. The Morgan fingerprint density at radius 2 is 1.95 bits per heavy atom. The van der Waals surface area contributed by atoms with E-state index in [0.717, 1.165) is 12.0 Å². The second kappa shape index (κ2) is 6.71. The van der Waals surface area contributed by atoms with Crippen molar-refractivity contribution < 1.29 is 8.42 Å². The van der Waals surface area contributed by atoms with E-state index in [4.69, 9.17) is 11.6 Å². The van der Waals surface area contributed by atoms with Gasteiger partial charge >= 0.3 is 0 Å². The first-order chi connectivity index (χ1) is 8.88. The third-order valence-corrected chi connectivity index (χ3v) is 3.98. The third-order valence-electron chi connectivity index (χ3n) is 3.05. The van der Waals surface area contributed by atoms with Gasteiger partial charge in [-0.3, -0.25) is 0 Å². The van der Waals surface area contributed by atoms with Gasteiger partial charge in [0.1, 0.15) is 0 Å². The van der Waals surface area contributed by atoms with Crippen LogP contribution in [0.25, 0.3) is 0 Å². The van der Waals surface area contributed by atoms with Crippen LogP contribution in [0.15, 0.2) is 29.2 Å². The van der Waals surface area contributed by atoms with Gasteiger partial charge in [0.15, 0.2) is 0 Å². The summed E-state index contributed by atoms with van der Waals surface area (Å²) in [6.07, 6.45) is 6.94. The van der Waals surface area contributed by atoms with Crippen LogP contribution in [0.4, 0.5) is 0 Å². The van der Waals surface area contributed by atoms with Crippen LogP contribution < -0.4 is 10.5 Å². The maximum Gasteiger partial charge on any atom is 0.238 e.